The minimum atomic E-state index is -4.90. The number of amides is 1. The quantitative estimate of drug-likeness (QED) is 0.253. The molecule has 4 atom stereocenters. The van der Waals surface area contributed by atoms with Gasteiger partial charge in [0.15, 0.2) is 11.6 Å². The van der Waals surface area contributed by atoms with Crippen LogP contribution in [0.25, 0.3) is 0 Å². The standard InChI is InChI=1S/C29H31ClF5NO3S/c1-27(10-2-12-36(27)26(37)29(33,34)35)17-40-14-9-23-20-16-39-25-22(32)8-7-21(31)24(25)28(20,11-13-38-23)15-18-3-5-19(30)6-4-18/h3-8,20,23H,2,9-17H2,1H3/t20-,23-,27-,28-/m0/s1. The van der Waals surface area contributed by atoms with E-state index in [1.54, 1.807) is 19.1 Å². The van der Waals surface area contributed by atoms with Gasteiger partial charge in [0.1, 0.15) is 5.82 Å². The highest BCUT2D eigenvalue weighted by Crippen LogP contribution is 2.53. The summed E-state index contributed by atoms with van der Waals surface area (Å²) in [5, 5.41) is 0.579. The third kappa shape index (κ3) is 5.55. The molecule has 3 aliphatic heterocycles. The summed E-state index contributed by atoms with van der Waals surface area (Å²) < 4.78 is 81.6. The minimum absolute atomic E-state index is 0.0520. The van der Waals surface area contributed by atoms with Gasteiger partial charge in [0.25, 0.3) is 0 Å². The molecule has 1 amide bonds. The normalized spacial score (nSPS) is 28.1. The van der Waals surface area contributed by atoms with Gasteiger partial charge in [0.05, 0.1) is 12.7 Å². The van der Waals surface area contributed by atoms with Crippen molar-refractivity contribution in [2.45, 2.75) is 62.3 Å². The van der Waals surface area contributed by atoms with Crippen molar-refractivity contribution in [3.8, 4) is 5.75 Å². The molecule has 2 aromatic rings. The molecule has 40 heavy (non-hydrogen) atoms. The smallest absolute Gasteiger partial charge is 0.471 e. The molecule has 2 saturated heterocycles. The van der Waals surface area contributed by atoms with E-state index in [4.69, 9.17) is 21.1 Å². The third-order valence-corrected chi connectivity index (χ3v) is 10.2. The molecule has 2 aromatic carbocycles. The van der Waals surface area contributed by atoms with E-state index in [1.807, 2.05) is 12.1 Å². The molecule has 0 aromatic heterocycles. The molecule has 0 N–H and O–H groups in total. The average Bonchev–Trinajstić information content (AvgIpc) is 3.29. The Balaban J connectivity index is 1.34. The molecule has 218 valence electrons. The molecule has 0 saturated carbocycles. The lowest BCUT2D eigenvalue weighted by molar-refractivity contribution is -0.188. The monoisotopic (exact) mass is 603 g/mol. The van der Waals surface area contributed by atoms with Crippen molar-refractivity contribution in [3.05, 3.63) is 64.2 Å². The molecule has 0 spiro atoms. The molecule has 4 nitrogen and oxygen atoms in total. The number of hydrogen-bond acceptors (Lipinski definition) is 4. The van der Waals surface area contributed by atoms with Crippen LogP contribution in [0, 0.1) is 17.6 Å². The lowest BCUT2D eigenvalue weighted by atomic mass is 9.60. The summed E-state index contributed by atoms with van der Waals surface area (Å²) >= 11 is 7.57. The topological polar surface area (TPSA) is 38.8 Å². The van der Waals surface area contributed by atoms with Gasteiger partial charge in [0.2, 0.25) is 0 Å². The van der Waals surface area contributed by atoms with Crippen LogP contribution in [-0.4, -0.2) is 59.9 Å². The Bertz CT molecular complexity index is 1250. The maximum atomic E-state index is 15.4. The number of halogens is 6. The van der Waals surface area contributed by atoms with Crippen molar-refractivity contribution in [1.82, 2.24) is 4.90 Å². The van der Waals surface area contributed by atoms with E-state index in [9.17, 15) is 22.4 Å². The average molecular weight is 604 g/mol. The summed E-state index contributed by atoms with van der Waals surface area (Å²) in [4.78, 5) is 12.9. The highest BCUT2D eigenvalue weighted by atomic mass is 35.5. The van der Waals surface area contributed by atoms with Gasteiger partial charge in [-0.3, -0.25) is 4.79 Å². The van der Waals surface area contributed by atoms with Crippen LogP contribution in [0.3, 0.4) is 0 Å². The SMILES string of the molecule is C[C@@]1(CSCC[C@@H]2OCC[C@@]3(Cc4ccc(Cl)cc4)c4c(F)ccc(F)c4OC[C@@H]23)CCCN1C(=O)C(F)(F)F. The van der Waals surface area contributed by atoms with Gasteiger partial charge in [-0.2, -0.15) is 24.9 Å². The lowest BCUT2D eigenvalue weighted by Gasteiger charge is -2.51. The van der Waals surface area contributed by atoms with Crippen LogP contribution < -0.4 is 4.74 Å². The number of carbonyl (C=O) groups is 1. The van der Waals surface area contributed by atoms with Gasteiger partial charge in [-0.15, -0.1) is 0 Å². The molecule has 2 fully saturated rings. The van der Waals surface area contributed by atoms with E-state index in [-0.39, 0.29) is 36.5 Å². The first-order chi connectivity index (χ1) is 18.9. The van der Waals surface area contributed by atoms with Crippen LogP contribution in [0.15, 0.2) is 36.4 Å². The van der Waals surface area contributed by atoms with Crippen molar-refractivity contribution in [1.29, 1.82) is 0 Å². The number of likely N-dealkylation sites (tertiary alicyclic amines) is 1. The van der Waals surface area contributed by atoms with E-state index in [0.29, 0.717) is 55.2 Å². The Labute approximate surface area is 239 Å². The van der Waals surface area contributed by atoms with E-state index in [0.717, 1.165) is 22.6 Å². The van der Waals surface area contributed by atoms with Crippen LogP contribution in [0.4, 0.5) is 22.0 Å². The van der Waals surface area contributed by atoms with Gasteiger partial charge in [-0.25, -0.2) is 8.78 Å². The molecule has 3 aliphatic rings. The first kappa shape index (κ1) is 29.5. The van der Waals surface area contributed by atoms with Crippen LogP contribution in [0.1, 0.15) is 43.7 Å². The van der Waals surface area contributed by atoms with Crippen molar-refractivity contribution in [2.24, 2.45) is 5.92 Å². The summed E-state index contributed by atoms with van der Waals surface area (Å²) in [6, 6.07) is 9.53. The first-order valence-corrected chi connectivity index (χ1v) is 14.9. The minimum Gasteiger partial charge on any atom is -0.490 e. The summed E-state index contributed by atoms with van der Waals surface area (Å²) in [7, 11) is 0. The van der Waals surface area contributed by atoms with Crippen LogP contribution >= 0.6 is 23.4 Å². The zero-order valence-corrected chi connectivity index (χ0v) is 23.6. The van der Waals surface area contributed by atoms with Crippen molar-refractivity contribution in [2.75, 3.05) is 31.3 Å². The highest BCUT2D eigenvalue weighted by Gasteiger charge is 2.54. The Morgan fingerprint density at radius 1 is 1.12 bits per heavy atom. The maximum absolute atomic E-state index is 15.4. The molecular formula is C29H31ClF5NO3S. The second kappa shape index (κ2) is 11.3. The van der Waals surface area contributed by atoms with Crippen molar-refractivity contribution >= 4 is 29.3 Å². The number of nitrogens with zero attached hydrogens (tertiary/aromatic N) is 1. The second-order valence-electron chi connectivity index (χ2n) is 11.2. The molecular weight excluding hydrogens is 573 g/mol. The zero-order valence-electron chi connectivity index (χ0n) is 22.0. The Kier molecular flexibility index (Phi) is 8.34. The van der Waals surface area contributed by atoms with Crippen molar-refractivity contribution < 1.29 is 36.2 Å². The molecule has 3 heterocycles. The second-order valence-corrected chi connectivity index (χ2v) is 12.7. The Hall–Kier alpha value is -2.04. The van der Waals surface area contributed by atoms with Crippen LogP contribution in [-0.2, 0) is 21.4 Å². The van der Waals surface area contributed by atoms with Crippen LogP contribution in [0.5, 0.6) is 5.75 Å². The molecule has 11 heteroatoms. The summed E-state index contributed by atoms with van der Waals surface area (Å²) in [6.45, 7) is 2.30. The number of ether oxygens (including phenoxy) is 2. The Morgan fingerprint density at radius 3 is 2.58 bits per heavy atom. The number of hydrogen-bond donors (Lipinski definition) is 0. The number of carbonyl (C=O) groups excluding carboxylic acids is 1. The summed E-state index contributed by atoms with van der Waals surface area (Å²) in [5.74, 6) is -2.31. The van der Waals surface area contributed by atoms with Gasteiger partial charge in [-0.05, 0) is 74.6 Å². The van der Waals surface area contributed by atoms with Gasteiger partial charge < -0.3 is 14.4 Å². The predicted octanol–water partition coefficient (Wildman–Crippen LogP) is 6.96. The zero-order chi connectivity index (χ0) is 28.7. The van der Waals surface area contributed by atoms with E-state index in [2.05, 4.69) is 0 Å². The summed E-state index contributed by atoms with van der Waals surface area (Å²) in [5.41, 5.74) is -0.477. The van der Waals surface area contributed by atoms with Gasteiger partial charge in [-0.1, -0.05) is 23.7 Å². The number of thioether (sulfide) groups is 1. The first-order valence-electron chi connectivity index (χ1n) is 13.4. The Morgan fingerprint density at radius 2 is 1.85 bits per heavy atom. The highest BCUT2D eigenvalue weighted by molar-refractivity contribution is 7.99. The van der Waals surface area contributed by atoms with E-state index in [1.165, 1.54) is 11.8 Å². The van der Waals surface area contributed by atoms with Gasteiger partial charge >= 0.3 is 12.1 Å². The fraction of sp³-hybridized carbons (Fsp3) is 0.552. The lowest BCUT2D eigenvalue weighted by Crippen LogP contribution is -2.55. The third-order valence-electron chi connectivity index (χ3n) is 8.63. The number of alkyl halides is 3. The predicted molar refractivity (Wildman–Crippen MR) is 144 cm³/mol. The largest absolute Gasteiger partial charge is 0.490 e. The maximum Gasteiger partial charge on any atom is 0.471 e. The van der Waals surface area contributed by atoms with E-state index < -0.39 is 34.7 Å². The molecule has 0 aliphatic carbocycles. The fourth-order valence-electron chi connectivity index (χ4n) is 6.66. The molecule has 5 rings (SSSR count). The summed E-state index contributed by atoms with van der Waals surface area (Å²) in [6.07, 6.45) is -2.71. The van der Waals surface area contributed by atoms with Crippen LogP contribution in [0.2, 0.25) is 5.02 Å². The van der Waals surface area contributed by atoms with E-state index >= 15 is 4.39 Å². The van der Waals surface area contributed by atoms with Crippen molar-refractivity contribution in [3.63, 3.8) is 0 Å². The molecule has 0 unspecified atom stereocenters. The molecule has 0 bridgehead atoms. The van der Waals surface area contributed by atoms with Gasteiger partial charge in [0, 0.05) is 46.4 Å². The number of rotatable bonds is 7. The fourth-order valence-corrected chi connectivity index (χ4v) is 8.07. The number of benzene rings is 2. The number of fused-ring (bicyclic) bond motifs is 3. The molecule has 0 radical (unpaired) electrons.